The van der Waals surface area contributed by atoms with Gasteiger partial charge in [-0.2, -0.15) is 0 Å². The summed E-state index contributed by atoms with van der Waals surface area (Å²) in [6.45, 7) is 3.04. The van der Waals surface area contributed by atoms with E-state index in [1.807, 2.05) is 0 Å². The number of piperazine rings is 1. The molecule has 1 aromatic carbocycles. The predicted molar refractivity (Wildman–Crippen MR) is 80.1 cm³/mol. The summed E-state index contributed by atoms with van der Waals surface area (Å²) < 4.78 is 13.2. The number of hydrogen-bond acceptors (Lipinski definition) is 4. The van der Waals surface area contributed by atoms with Crippen molar-refractivity contribution in [3.8, 4) is 0 Å². The molecule has 0 aromatic heterocycles. The number of nitrogens with zero attached hydrogens (tertiary/aromatic N) is 2. The van der Waals surface area contributed by atoms with Crippen LogP contribution in [0.25, 0.3) is 0 Å². The average Bonchev–Trinajstić information content (AvgIpc) is 2.43. The first-order valence-corrected chi connectivity index (χ1v) is 7.18. The Labute approximate surface area is 124 Å². The molecule has 112 valence electrons. The zero-order valence-electron chi connectivity index (χ0n) is 11.9. The highest BCUT2D eigenvalue weighted by Crippen LogP contribution is 2.19. The molecule has 1 fully saturated rings. The Bertz CT molecular complexity index is 457. The number of halogens is 2. The molecule has 3 N–H and O–H groups in total. The summed E-state index contributed by atoms with van der Waals surface area (Å²) in [5, 5.41) is 0.160. The van der Waals surface area contributed by atoms with Gasteiger partial charge >= 0.3 is 0 Å². The quantitative estimate of drug-likeness (QED) is 0.646. The Morgan fingerprint density at radius 2 is 2.20 bits per heavy atom. The lowest BCUT2D eigenvalue weighted by atomic mass is 9.97. The van der Waals surface area contributed by atoms with Crippen LogP contribution in [-0.4, -0.2) is 55.6 Å². The maximum absolute atomic E-state index is 13.2. The van der Waals surface area contributed by atoms with Crippen LogP contribution in [0.4, 0.5) is 4.39 Å². The van der Waals surface area contributed by atoms with Crippen LogP contribution in [-0.2, 0) is 6.42 Å². The van der Waals surface area contributed by atoms with Gasteiger partial charge in [-0.1, -0.05) is 17.7 Å². The highest BCUT2D eigenvalue weighted by atomic mass is 35.5. The molecule has 2 unspecified atom stereocenters. The number of benzene rings is 1. The molecule has 1 aliphatic heterocycles. The van der Waals surface area contributed by atoms with Gasteiger partial charge in [0.05, 0.1) is 5.02 Å². The Morgan fingerprint density at radius 1 is 1.45 bits per heavy atom. The van der Waals surface area contributed by atoms with Gasteiger partial charge in [0, 0.05) is 31.7 Å². The molecule has 20 heavy (non-hydrogen) atoms. The molecule has 2 rings (SSSR count). The monoisotopic (exact) mass is 300 g/mol. The topological polar surface area (TPSA) is 44.5 Å². The lowest BCUT2D eigenvalue weighted by Crippen LogP contribution is -2.60. The van der Waals surface area contributed by atoms with Crippen molar-refractivity contribution in [1.29, 1.82) is 0 Å². The van der Waals surface area contributed by atoms with Gasteiger partial charge in [0.1, 0.15) is 5.82 Å². The van der Waals surface area contributed by atoms with Crippen molar-refractivity contribution in [3.05, 3.63) is 34.6 Å². The van der Waals surface area contributed by atoms with E-state index in [0.717, 1.165) is 31.6 Å². The van der Waals surface area contributed by atoms with Crippen molar-refractivity contribution in [2.24, 2.45) is 5.84 Å². The second-order valence-corrected chi connectivity index (χ2v) is 5.94. The van der Waals surface area contributed by atoms with E-state index in [1.54, 1.807) is 12.1 Å². The molecule has 1 saturated heterocycles. The second kappa shape index (κ2) is 6.83. The summed E-state index contributed by atoms with van der Waals surface area (Å²) in [6.07, 6.45) is 0.722. The van der Waals surface area contributed by atoms with E-state index in [1.165, 1.54) is 6.07 Å². The number of likely N-dealkylation sites (N-methyl/N-ethyl adjacent to an activating group) is 2. The van der Waals surface area contributed by atoms with Crippen LogP contribution < -0.4 is 11.3 Å². The van der Waals surface area contributed by atoms with Crippen LogP contribution in [0, 0.1) is 5.82 Å². The van der Waals surface area contributed by atoms with E-state index in [2.05, 4.69) is 29.3 Å². The fraction of sp³-hybridized carbons (Fsp3) is 0.571. The van der Waals surface area contributed by atoms with Gasteiger partial charge < -0.3 is 4.90 Å². The molecule has 1 heterocycles. The predicted octanol–water partition coefficient (Wildman–Crippen LogP) is 1.10. The molecule has 2 atom stereocenters. The molecule has 0 bridgehead atoms. The van der Waals surface area contributed by atoms with Crippen molar-refractivity contribution < 1.29 is 4.39 Å². The van der Waals surface area contributed by atoms with Crippen molar-refractivity contribution in [2.75, 3.05) is 33.7 Å². The smallest absolute Gasteiger partial charge is 0.141 e. The highest BCUT2D eigenvalue weighted by molar-refractivity contribution is 6.30. The Hall–Kier alpha value is -0.720. The lowest BCUT2D eigenvalue weighted by molar-refractivity contribution is 0.0877. The third kappa shape index (κ3) is 3.68. The number of nitrogens with two attached hydrogens (primary N) is 1. The second-order valence-electron chi connectivity index (χ2n) is 5.54. The van der Waals surface area contributed by atoms with E-state index < -0.39 is 0 Å². The van der Waals surface area contributed by atoms with Crippen LogP contribution in [0.5, 0.6) is 0 Å². The van der Waals surface area contributed by atoms with Crippen molar-refractivity contribution in [1.82, 2.24) is 15.2 Å². The Balaban J connectivity index is 2.09. The summed E-state index contributed by atoms with van der Waals surface area (Å²) in [4.78, 5) is 4.61. The average molecular weight is 301 g/mol. The van der Waals surface area contributed by atoms with Crippen LogP contribution in [0.2, 0.25) is 5.02 Å². The maximum atomic E-state index is 13.2. The summed E-state index contributed by atoms with van der Waals surface area (Å²) in [5.74, 6) is 5.34. The third-order valence-corrected chi connectivity index (χ3v) is 4.31. The van der Waals surface area contributed by atoms with Crippen LogP contribution in [0.1, 0.15) is 5.56 Å². The summed E-state index contributed by atoms with van der Waals surface area (Å²) in [5.41, 5.74) is 3.89. The molecule has 0 amide bonds. The number of hydrogen-bond donors (Lipinski definition) is 2. The molecule has 0 spiro atoms. The Kier molecular flexibility index (Phi) is 5.35. The number of hydrazine groups is 1. The molecule has 0 saturated carbocycles. The first-order chi connectivity index (χ1) is 9.51. The Morgan fingerprint density at radius 3 is 2.85 bits per heavy atom. The van der Waals surface area contributed by atoms with Crippen molar-refractivity contribution in [2.45, 2.75) is 18.5 Å². The molecule has 6 heteroatoms. The summed E-state index contributed by atoms with van der Waals surface area (Å²) in [7, 11) is 4.22. The van der Waals surface area contributed by atoms with Gasteiger partial charge in [0.15, 0.2) is 0 Å². The fourth-order valence-electron chi connectivity index (χ4n) is 2.71. The molecule has 0 radical (unpaired) electrons. The minimum atomic E-state index is -0.387. The zero-order valence-corrected chi connectivity index (χ0v) is 12.7. The summed E-state index contributed by atoms with van der Waals surface area (Å²) in [6, 6.07) is 5.26. The molecular weight excluding hydrogens is 279 g/mol. The van der Waals surface area contributed by atoms with Crippen LogP contribution in [0.3, 0.4) is 0 Å². The molecule has 1 aromatic rings. The van der Waals surface area contributed by atoms with Gasteiger partial charge in [0.25, 0.3) is 0 Å². The van der Waals surface area contributed by atoms with E-state index in [4.69, 9.17) is 17.4 Å². The van der Waals surface area contributed by atoms with Gasteiger partial charge in [-0.3, -0.25) is 16.2 Å². The van der Waals surface area contributed by atoms with E-state index in [9.17, 15) is 4.39 Å². The normalized spacial score (nSPS) is 22.9. The molecule has 0 aliphatic carbocycles. The molecule has 1 aliphatic rings. The first-order valence-electron chi connectivity index (χ1n) is 6.80. The minimum absolute atomic E-state index is 0.101. The zero-order chi connectivity index (χ0) is 14.7. The molecule has 4 nitrogen and oxygen atoms in total. The largest absolute Gasteiger partial charge is 0.303 e. The van der Waals surface area contributed by atoms with E-state index in [-0.39, 0.29) is 16.9 Å². The maximum Gasteiger partial charge on any atom is 0.141 e. The third-order valence-electron chi connectivity index (χ3n) is 4.02. The van der Waals surface area contributed by atoms with Gasteiger partial charge in [-0.25, -0.2) is 4.39 Å². The van der Waals surface area contributed by atoms with Gasteiger partial charge in [-0.15, -0.1) is 0 Å². The van der Waals surface area contributed by atoms with Gasteiger partial charge in [0.2, 0.25) is 0 Å². The molecular formula is C14H22ClFN4. The summed E-state index contributed by atoms with van der Waals surface area (Å²) >= 11 is 5.83. The minimum Gasteiger partial charge on any atom is -0.303 e. The van der Waals surface area contributed by atoms with Crippen LogP contribution >= 0.6 is 11.6 Å². The lowest BCUT2D eigenvalue weighted by Gasteiger charge is -2.41. The number of nitrogens with one attached hydrogen (secondary N) is 1. The van der Waals surface area contributed by atoms with E-state index in [0.29, 0.717) is 6.04 Å². The van der Waals surface area contributed by atoms with E-state index >= 15 is 0 Å². The standard InChI is InChI=1S/C14H22ClFN4/c1-19-5-6-20(2)14(9-19)13(18-17)8-10-3-4-12(16)11(15)7-10/h3-4,7,13-14,18H,5-6,8-9,17H2,1-2H3. The van der Waals surface area contributed by atoms with Crippen LogP contribution in [0.15, 0.2) is 18.2 Å². The van der Waals surface area contributed by atoms with Gasteiger partial charge in [-0.05, 0) is 38.2 Å². The number of rotatable bonds is 4. The van der Waals surface area contributed by atoms with Crippen molar-refractivity contribution in [3.63, 3.8) is 0 Å². The fourth-order valence-corrected chi connectivity index (χ4v) is 2.91. The van der Waals surface area contributed by atoms with Crippen molar-refractivity contribution >= 4 is 11.6 Å². The SMILES string of the molecule is CN1CCN(C)C(C(Cc2ccc(F)c(Cl)c2)NN)C1. The first kappa shape index (κ1) is 15.7. The highest BCUT2D eigenvalue weighted by Gasteiger charge is 2.29.